The van der Waals surface area contributed by atoms with Crippen molar-refractivity contribution in [3.8, 4) is 0 Å². The Morgan fingerprint density at radius 3 is 2.50 bits per heavy atom. The normalized spacial score (nSPS) is 14.5. The van der Waals surface area contributed by atoms with E-state index in [0.717, 1.165) is 18.9 Å². The molecule has 2 aromatic rings. The van der Waals surface area contributed by atoms with Crippen molar-refractivity contribution < 1.29 is 18.0 Å². The molecule has 0 bridgehead atoms. The second-order valence-electron chi connectivity index (χ2n) is 5.63. The summed E-state index contributed by atoms with van der Waals surface area (Å²) >= 11 is 0. The van der Waals surface area contributed by atoms with Crippen molar-refractivity contribution in [1.29, 1.82) is 0 Å². The van der Waals surface area contributed by atoms with E-state index in [1.165, 1.54) is 0 Å². The molecule has 1 aliphatic rings. The van der Waals surface area contributed by atoms with Crippen molar-refractivity contribution in [1.82, 2.24) is 9.78 Å². The summed E-state index contributed by atoms with van der Waals surface area (Å²) in [4.78, 5) is 24.0. The topological polar surface area (TPSA) is 64.0 Å². The Labute approximate surface area is 135 Å². The number of benzene rings is 1. The number of amides is 1. The molecule has 0 saturated heterocycles. The number of halogens is 3. The largest absolute Gasteiger partial charge is 0.421 e. The average molecular weight is 337 g/mol. The second-order valence-corrected chi connectivity index (χ2v) is 5.63. The third-order valence-corrected chi connectivity index (χ3v) is 3.65. The first-order chi connectivity index (χ1) is 11.3. The van der Waals surface area contributed by atoms with Crippen molar-refractivity contribution in [2.75, 3.05) is 5.32 Å². The molecule has 3 rings (SSSR count). The molecule has 8 heteroatoms. The number of hydrogen-bond acceptors (Lipinski definition) is 3. The number of anilines is 1. The van der Waals surface area contributed by atoms with Gasteiger partial charge in [0, 0.05) is 11.6 Å². The summed E-state index contributed by atoms with van der Waals surface area (Å²) in [7, 11) is 0. The van der Waals surface area contributed by atoms with Crippen LogP contribution in [0.2, 0.25) is 0 Å². The molecule has 1 N–H and O–H groups in total. The summed E-state index contributed by atoms with van der Waals surface area (Å²) in [5.74, 6) is -0.688. The maximum absolute atomic E-state index is 13.0. The van der Waals surface area contributed by atoms with Crippen molar-refractivity contribution >= 4 is 11.6 Å². The summed E-state index contributed by atoms with van der Waals surface area (Å²) in [6.07, 6.45) is -3.31. The fourth-order valence-electron chi connectivity index (χ4n) is 2.31. The number of nitrogens with one attached hydrogen (secondary N) is 1. The molecule has 0 radical (unpaired) electrons. The number of alkyl halides is 3. The number of para-hydroxylation sites is 1. The summed E-state index contributed by atoms with van der Waals surface area (Å²) in [5, 5.41) is 6.45. The fraction of sp³-hybridized carbons (Fsp3) is 0.312. The minimum atomic E-state index is -4.78. The van der Waals surface area contributed by atoms with E-state index in [1.54, 1.807) is 30.3 Å². The van der Waals surface area contributed by atoms with Crippen LogP contribution in [0.3, 0.4) is 0 Å². The molecule has 0 aliphatic heterocycles. The Kier molecular flexibility index (Phi) is 4.13. The predicted molar refractivity (Wildman–Crippen MR) is 80.5 cm³/mol. The highest BCUT2D eigenvalue weighted by atomic mass is 19.4. The number of carbonyl (C=O) groups is 1. The van der Waals surface area contributed by atoms with Crippen LogP contribution in [0.4, 0.5) is 18.9 Å². The molecular weight excluding hydrogens is 323 g/mol. The molecule has 1 aromatic carbocycles. The highest BCUT2D eigenvalue weighted by molar-refractivity contribution is 5.90. The predicted octanol–water partition coefficient (Wildman–Crippen LogP) is 2.78. The van der Waals surface area contributed by atoms with Crippen molar-refractivity contribution in [3.05, 3.63) is 58.0 Å². The lowest BCUT2D eigenvalue weighted by molar-refractivity contribution is -0.139. The van der Waals surface area contributed by atoms with E-state index in [4.69, 9.17) is 0 Å². The van der Waals surface area contributed by atoms with Gasteiger partial charge in [0.05, 0.1) is 5.69 Å². The van der Waals surface area contributed by atoms with Crippen LogP contribution in [0.25, 0.3) is 0 Å². The minimum Gasteiger partial charge on any atom is -0.324 e. The van der Waals surface area contributed by atoms with Crippen molar-refractivity contribution in [2.24, 2.45) is 0 Å². The van der Waals surface area contributed by atoms with Crippen LogP contribution in [0.15, 0.2) is 41.2 Å². The van der Waals surface area contributed by atoms with Crippen LogP contribution in [-0.2, 0) is 17.5 Å². The van der Waals surface area contributed by atoms with Crippen LogP contribution >= 0.6 is 0 Å². The van der Waals surface area contributed by atoms with Crippen LogP contribution in [0.5, 0.6) is 0 Å². The number of hydrogen-bond donors (Lipinski definition) is 1. The second kappa shape index (κ2) is 6.10. The molecule has 5 nitrogen and oxygen atoms in total. The van der Waals surface area contributed by atoms with Gasteiger partial charge < -0.3 is 5.32 Å². The van der Waals surface area contributed by atoms with Gasteiger partial charge in [-0.25, -0.2) is 4.68 Å². The Balaban J connectivity index is 1.88. The van der Waals surface area contributed by atoms with Gasteiger partial charge in [-0.1, -0.05) is 18.2 Å². The molecular formula is C16H14F3N3O2. The van der Waals surface area contributed by atoms with E-state index in [0.29, 0.717) is 10.4 Å². The van der Waals surface area contributed by atoms with Gasteiger partial charge in [0.15, 0.2) is 0 Å². The zero-order valence-corrected chi connectivity index (χ0v) is 12.5. The first-order valence-corrected chi connectivity index (χ1v) is 7.39. The molecule has 1 heterocycles. The molecule has 1 aliphatic carbocycles. The van der Waals surface area contributed by atoms with Crippen molar-refractivity contribution in [3.63, 3.8) is 0 Å². The number of rotatable bonds is 4. The quantitative estimate of drug-likeness (QED) is 0.933. The first-order valence-electron chi connectivity index (χ1n) is 7.39. The zero-order chi connectivity index (χ0) is 17.3. The summed E-state index contributed by atoms with van der Waals surface area (Å²) in [6.45, 7) is -0.572. The van der Waals surface area contributed by atoms with E-state index in [9.17, 15) is 22.8 Å². The third-order valence-electron chi connectivity index (χ3n) is 3.65. The monoisotopic (exact) mass is 337 g/mol. The first kappa shape index (κ1) is 16.2. The Hall–Kier alpha value is -2.64. The number of carbonyl (C=O) groups excluding carboxylic acids is 1. The van der Waals surface area contributed by atoms with Gasteiger partial charge in [-0.3, -0.25) is 9.59 Å². The van der Waals surface area contributed by atoms with Crippen LogP contribution in [-0.4, -0.2) is 15.7 Å². The number of nitrogens with zero attached hydrogens (tertiary/aromatic N) is 2. The highest BCUT2D eigenvalue weighted by Crippen LogP contribution is 2.40. The Morgan fingerprint density at radius 2 is 1.92 bits per heavy atom. The van der Waals surface area contributed by atoms with E-state index >= 15 is 0 Å². The molecule has 0 atom stereocenters. The molecule has 0 spiro atoms. The van der Waals surface area contributed by atoms with E-state index in [1.807, 2.05) is 0 Å². The smallest absolute Gasteiger partial charge is 0.324 e. The summed E-state index contributed by atoms with van der Waals surface area (Å²) in [6, 6.07) is 9.23. The van der Waals surface area contributed by atoms with E-state index in [-0.39, 0.29) is 11.6 Å². The van der Waals surface area contributed by atoms with Crippen LogP contribution in [0.1, 0.15) is 30.0 Å². The Bertz CT molecular complexity index is 812. The maximum atomic E-state index is 13.0. The fourth-order valence-corrected chi connectivity index (χ4v) is 2.31. The molecule has 1 amide bonds. The lowest BCUT2D eigenvalue weighted by atomic mass is 10.2. The zero-order valence-electron chi connectivity index (χ0n) is 12.5. The lowest BCUT2D eigenvalue weighted by Gasteiger charge is -2.12. The average Bonchev–Trinajstić information content (AvgIpc) is 3.34. The third kappa shape index (κ3) is 3.64. The lowest BCUT2D eigenvalue weighted by Crippen LogP contribution is -2.35. The highest BCUT2D eigenvalue weighted by Gasteiger charge is 2.37. The van der Waals surface area contributed by atoms with E-state index < -0.39 is 29.8 Å². The van der Waals surface area contributed by atoms with Crippen molar-refractivity contribution in [2.45, 2.75) is 31.5 Å². The van der Waals surface area contributed by atoms with Gasteiger partial charge >= 0.3 is 6.18 Å². The summed E-state index contributed by atoms with van der Waals surface area (Å²) < 4.78 is 39.7. The van der Waals surface area contributed by atoms with Gasteiger partial charge in [0.2, 0.25) is 5.91 Å². The van der Waals surface area contributed by atoms with E-state index in [2.05, 4.69) is 10.4 Å². The summed E-state index contributed by atoms with van der Waals surface area (Å²) in [5.41, 5.74) is -1.90. The molecule has 1 aromatic heterocycles. The van der Waals surface area contributed by atoms with Gasteiger partial charge in [0.1, 0.15) is 12.1 Å². The number of aromatic nitrogens is 2. The van der Waals surface area contributed by atoms with Gasteiger partial charge in [0.25, 0.3) is 5.56 Å². The standard InChI is InChI=1S/C16H14F3N3O2/c17-16(18,19)12-8-13(10-6-7-10)21-22(15(12)24)9-14(23)20-11-4-2-1-3-5-11/h1-5,8,10H,6-7,9H2,(H,20,23). The van der Waals surface area contributed by atoms with Crippen LogP contribution in [0, 0.1) is 0 Å². The SMILES string of the molecule is O=C(Cn1nc(C2CC2)cc(C(F)(F)F)c1=O)Nc1ccccc1. The Morgan fingerprint density at radius 1 is 1.25 bits per heavy atom. The molecule has 24 heavy (non-hydrogen) atoms. The minimum absolute atomic E-state index is 0.0739. The van der Waals surface area contributed by atoms with Crippen LogP contribution < -0.4 is 10.9 Å². The van der Waals surface area contributed by atoms with Gasteiger partial charge in [-0.05, 0) is 31.0 Å². The molecule has 126 valence electrons. The molecule has 0 unspecified atom stereocenters. The molecule has 1 fully saturated rings. The van der Waals surface area contributed by atoms with Gasteiger partial charge in [-0.15, -0.1) is 0 Å². The molecule has 1 saturated carbocycles. The maximum Gasteiger partial charge on any atom is 0.421 e. The van der Waals surface area contributed by atoms with Gasteiger partial charge in [-0.2, -0.15) is 18.3 Å².